The molecule has 1 aromatic heterocycles. The molecule has 9 nitrogen and oxygen atoms in total. The van der Waals surface area contributed by atoms with Gasteiger partial charge in [-0.1, -0.05) is 24.2 Å². The number of nitro groups is 1. The van der Waals surface area contributed by atoms with Gasteiger partial charge in [0.15, 0.2) is 11.9 Å². The quantitative estimate of drug-likeness (QED) is 0.484. The van der Waals surface area contributed by atoms with Gasteiger partial charge in [0.2, 0.25) is 0 Å². The monoisotopic (exact) mass is 347 g/mol. The zero-order valence-corrected chi connectivity index (χ0v) is 13.9. The van der Waals surface area contributed by atoms with Crippen LogP contribution in [0.2, 0.25) is 0 Å². The first-order valence-corrected chi connectivity index (χ1v) is 7.52. The predicted octanol–water partition coefficient (Wildman–Crippen LogP) is 2.77. The van der Waals surface area contributed by atoms with Crippen molar-refractivity contribution < 1.29 is 23.8 Å². The van der Waals surface area contributed by atoms with Crippen molar-refractivity contribution in [2.45, 2.75) is 33.3 Å². The van der Waals surface area contributed by atoms with Crippen LogP contribution in [0.3, 0.4) is 0 Å². The topological polar surface area (TPSA) is 125 Å². The molecule has 0 aliphatic rings. The third-order valence-corrected chi connectivity index (χ3v) is 3.44. The number of nitrogens with one attached hydrogen (secondary N) is 1. The van der Waals surface area contributed by atoms with Gasteiger partial charge in [0.05, 0.1) is 4.92 Å². The Morgan fingerprint density at radius 1 is 1.40 bits per heavy atom. The second-order valence-electron chi connectivity index (χ2n) is 5.34. The molecule has 0 saturated carbocycles. The van der Waals surface area contributed by atoms with Crippen LogP contribution >= 0.6 is 0 Å². The van der Waals surface area contributed by atoms with Crippen molar-refractivity contribution in [3.63, 3.8) is 0 Å². The van der Waals surface area contributed by atoms with E-state index in [0.717, 1.165) is 0 Å². The highest BCUT2D eigenvalue weighted by atomic mass is 16.6. The molecule has 1 N–H and O–H groups in total. The van der Waals surface area contributed by atoms with Gasteiger partial charge < -0.3 is 14.6 Å². The minimum atomic E-state index is -1.12. The smallest absolute Gasteiger partial charge is 0.346 e. The standard InChI is InChI=1S/C16H17N3O6/c1-4-12(15(20)17-13-8-10(3)25-18-13)24-16(21)14-9(2)6-5-7-11(14)19(22)23/h5-8,12H,4H2,1-3H3,(H,17,18,20)/t12-/m1/s1. The van der Waals surface area contributed by atoms with Crippen molar-refractivity contribution in [1.29, 1.82) is 0 Å². The summed E-state index contributed by atoms with van der Waals surface area (Å²) in [5.74, 6) is -0.821. The Labute approximate surface area is 143 Å². The first-order chi connectivity index (χ1) is 11.8. The van der Waals surface area contributed by atoms with E-state index < -0.39 is 22.9 Å². The fourth-order valence-corrected chi connectivity index (χ4v) is 2.21. The highest BCUT2D eigenvalue weighted by Crippen LogP contribution is 2.23. The van der Waals surface area contributed by atoms with E-state index in [-0.39, 0.29) is 23.5 Å². The van der Waals surface area contributed by atoms with Gasteiger partial charge in [-0.15, -0.1) is 0 Å². The predicted molar refractivity (Wildman–Crippen MR) is 87.2 cm³/mol. The van der Waals surface area contributed by atoms with Crippen molar-refractivity contribution in [3.05, 3.63) is 51.3 Å². The molecular formula is C16H17N3O6. The van der Waals surface area contributed by atoms with Gasteiger partial charge in [0.25, 0.3) is 11.6 Å². The Morgan fingerprint density at radius 3 is 2.68 bits per heavy atom. The molecule has 0 bridgehead atoms. The fourth-order valence-electron chi connectivity index (χ4n) is 2.21. The number of esters is 1. The van der Waals surface area contributed by atoms with Crippen LogP contribution in [0.1, 0.15) is 35.0 Å². The van der Waals surface area contributed by atoms with Gasteiger partial charge in [-0.3, -0.25) is 14.9 Å². The number of carbonyl (C=O) groups is 2. The molecule has 1 atom stereocenters. The molecule has 1 heterocycles. The normalized spacial score (nSPS) is 11.6. The van der Waals surface area contributed by atoms with E-state index in [0.29, 0.717) is 11.3 Å². The average Bonchev–Trinajstić information content (AvgIpc) is 2.96. The third-order valence-electron chi connectivity index (χ3n) is 3.44. The number of nitrogens with zero attached hydrogens (tertiary/aromatic N) is 2. The van der Waals surface area contributed by atoms with Gasteiger partial charge in [-0.2, -0.15) is 0 Å². The number of ether oxygens (including phenoxy) is 1. The SMILES string of the molecule is CC[C@@H](OC(=O)c1c(C)cccc1[N+](=O)[O-])C(=O)Nc1cc(C)on1. The van der Waals surface area contributed by atoms with Crippen LogP contribution in [0.15, 0.2) is 28.8 Å². The summed E-state index contributed by atoms with van der Waals surface area (Å²) in [6, 6.07) is 5.76. The third kappa shape index (κ3) is 4.19. The first kappa shape index (κ1) is 18.1. The number of rotatable bonds is 6. The van der Waals surface area contributed by atoms with E-state index in [1.54, 1.807) is 26.8 Å². The van der Waals surface area contributed by atoms with Crippen molar-refractivity contribution >= 4 is 23.4 Å². The Morgan fingerprint density at radius 2 is 2.12 bits per heavy atom. The fraction of sp³-hybridized carbons (Fsp3) is 0.312. The van der Waals surface area contributed by atoms with Crippen LogP contribution in [0.25, 0.3) is 0 Å². The summed E-state index contributed by atoms with van der Waals surface area (Å²) in [6.07, 6.45) is -0.933. The molecule has 0 aliphatic heterocycles. The van der Waals surface area contributed by atoms with Crippen LogP contribution in [-0.2, 0) is 9.53 Å². The number of hydrogen-bond donors (Lipinski definition) is 1. The summed E-state index contributed by atoms with van der Waals surface area (Å²) in [6.45, 7) is 4.87. The largest absolute Gasteiger partial charge is 0.448 e. The molecule has 0 radical (unpaired) electrons. The lowest BCUT2D eigenvalue weighted by molar-refractivity contribution is -0.385. The summed E-state index contributed by atoms with van der Waals surface area (Å²) in [5.41, 5.74) is -0.148. The van der Waals surface area contributed by atoms with Crippen molar-refractivity contribution in [2.24, 2.45) is 0 Å². The van der Waals surface area contributed by atoms with E-state index in [1.807, 2.05) is 0 Å². The molecule has 132 valence electrons. The van der Waals surface area contributed by atoms with E-state index in [4.69, 9.17) is 9.26 Å². The molecular weight excluding hydrogens is 330 g/mol. The number of benzene rings is 1. The Balaban J connectivity index is 2.17. The lowest BCUT2D eigenvalue weighted by Crippen LogP contribution is -2.32. The van der Waals surface area contributed by atoms with Gasteiger partial charge in [0.1, 0.15) is 11.3 Å². The molecule has 2 rings (SSSR count). The molecule has 0 fully saturated rings. The minimum Gasteiger partial charge on any atom is -0.448 e. The Hall–Kier alpha value is -3.23. The van der Waals surface area contributed by atoms with Gasteiger partial charge in [-0.25, -0.2) is 4.79 Å². The number of aromatic nitrogens is 1. The van der Waals surface area contributed by atoms with Gasteiger partial charge in [-0.05, 0) is 25.8 Å². The molecule has 25 heavy (non-hydrogen) atoms. The summed E-state index contributed by atoms with van der Waals surface area (Å²) < 4.78 is 10.0. The van der Waals surface area contributed by atoms with Gasteiger partial charge in [0, 0.05) is 12.1 Å². The molecule has 9 heteroatoms. The summed E-state index contributed by atoms with van der Waals surface area (Å²) >= 11 is 0. The molecule has 0 aliphatic carbocycles. The van der Waals surface area contributed by atoms with E-state index >= 15 is 0 Å². The number of nitro benzene ring substituents is 1. The number of hydrogen-bond acceptors (Lipinski definition) is 7. The van der Waals surface area contributed by atoms with Crippen LogP contribution in [-0.4, -0.2) is 28.1 Å². The first-order valence-electron chi connectivity index (χ1n) is 7.52. The lowest BCUT2D eigenvalue weighted by Gasteiger charge is -2.15. The zero-order valence-electron chi connectivity index (χ0n) is 13.9. The van der Waals surface area contributed by atoms with E-state index in [2.05, 4.69) is 10.5 Å². The number of anilines is 1. The van der Waals surface area contributed by atoms with Crippen LogP contribution in [0, 0.1) is 24.0 Å². The molecule has 0 spiro atoms. The second-order valence-corrected chi connectivity index (χ2v) is 5.34. The Kier molecular flexibility index (Phi) is 5.48. The van der Waals surface area contributed by atoms with E-state index in [1.165, 1.54) is 18.2 Å². The second kappa shape index (κ2) is 7.56. The van der Waals surface area contributed by atoms with Crippen molar-refractivity contribution in [1.82, 2.24) is 5.16 Å². The summed E-state index contributed by atoms with van der Waals surface area (Å²) in [7, 11) is 0. The molecule has 1 amide bonds. The number of amides is 1. The summed E-state index contributed by atoms with van der Waals surface area (Å²) in [5, 5.41) is 17.2. The maximum absolute atomic E-state index is 12.4. The van der Waals surface area contributed by atoms with Crippen LogP contribution in [0.4, 0.5) is 11.5 Å². The van der Waals surface area contributed by atoms with Crippen LogP contribution < -0.4 is 5.32 Å². The van der Waals surface area contributed by atoms with E-state index in [9.17, 15) is 19.7 Å². The Bertz CT molecular complexity index is 814. The van der Waals surface area contributed by atoms with Crippen LogP contribution in [0.5, 0.6) is 0 Å². The maximum Gasteiger partial charge on any atom is 0.346 e. The van der Waals surface area contributed by atoms with Gasteiger partial charge >= 0.3 is 5.97 Å². The average molecular weight is 347 g/mol. The van der Waals surface area contributed by atoms with Crippen molar-refractivity contribution in [2.75, 3.05) is 5.32 Å². The number of carbonyl (C=O) groups excluding carboxylic acids is 2. The zero-order chi connectivity index (χ0) is 18.6. The minimum absolute atomic E-state index is 0.170. The highest BCUT2D eigenvalue weighted by molar-refractivity contribution is 5.99. The molecule has 1 aromatic carbocycles. The molecule has 2 aromatic rings. The molecule has 0 saturated heterocycles. The lowest BCUT2D eigenvalue weighted by atomic mass is 10.1. The maximum atomic E-state index is 12.4. The van der Waals surface area contributed by atoms with Crippen molar-refractivity contribution in [3.8, 4) is 0 Å². The summed E-state index contributed by atoms with van der Waals surface area (Å²) in [4.78, 5) is 35.0. The highest BCUT2D eigenvalue weighted by Gasteiger charge is 2.28. The molecule has 0 unspecified atom stereocenters. The number of aryl methyl sites for hydroxylation is 2.